The minimum atomic E-state index is -3.84. The monoisotopic (exact) mass is 441 g/mol. The molecule has 2 heterocycles. The van der Waals surface area contributed by atoms with Gasteiger partial charge >= 0.3 is 5.97 Å². The number of carbonyl (C=O) groups excluding carboxylic acids is 2. The number of ketones is 1. The van der Waals surface area contributed by atoms with Gasteiger partial charge in [0.15, 0.2) is 12.4 Å². The molecule has 0 spiro atoms. The van der Waals surface area contributed by atoms with Crippen molar-refractivity contribution in [1.82, 2.24) is 4.31 Å². The molecule has 1 unspecified atom stereocenters. The third-order valence-corrected chi connectivity index (χ3v) is 7.44. The van der Waals surface area contributed by atoms with Crippen LogP contribution in [0.1, 0.15) is 35.4 Å². The zero-order valence-corrected chi connectivity index (χ0v) is 17.9. The maximum atomic E-state index is 13.0. The van der Waals surface area contributed by atoms with Gasteiger partial charge in [-0.3, -0.25) is 9.59 Å². The fraction of sp³-hybridized carbons (Fsp3) is 0.304. The van der Waals surface area contributed by atoms with Crippen molar-refractivity contribution >= 4 is 32.7 Å². The highest BCUT2D eigenvalue weighted by Gasteiger charge is 2.38. The first-order chi connectivity index (χ1) is 14.9. The highest BCUT2D eigenvalue weighted by atomic mass is 32.2. The standard InChI is InChI=1S/C23H23NO6S/c1-16-18-11-5-6-13-21(18)30-22(16)20(25)15-29-23(26)19-12-7-8-14-24(19)31(27,28)17-9-3-2-4-10-17/h2-6,9-11,13,19H,7-8,12,14-15H2,1H3. The van der Waals surface area contributed by atoms with E-state index in [-0.39, 0.29) is 17.2 Å². The van der Waals surface area contributed by atoms with Crippen molar-refractivity contribution in [2.75, 3.05) is 13.2 Å². The van der Waals surface area contributed by atoms with E-state index in [0.29, 0.717) is 30.4 Å². The van der Waals surface area contributed by atoms with Crippen LogP contribution in [0.3, 0.4) is 0 Å². The molecule has 1 aliphatic heterocycles. The van der Waals surface area contributed by atoms with Crippen LogP contribution in [0.15, 0.2) is 63.9 Å². The number of para-hydroxylation sites is 1. The van der Waals surface area contributed by atoms with Gasteiger partial charge in [-0.15, -0.1) is 0 Å². The number of rotatable bonds is 6. The van der Waals surface area contributed by atoms with Crippen LogP contribution in [0, 0.1) is 6.92 Å². The van der Waals surface area contributed by atoms with Crippen molar-refractivity contribution in [3.63, 3.8) is 0 Å². The molecule has 162 valence electrons. The number of Topliss-reactive ketones (excluding diaryl/α,β-unsaturated/α-hetero) is 1. The van der Waals surface area contributed by atoms with Crippen LogP contribution in [-0.4, -0.2) is 43.7 Å². The van der Waals surface area contributed by atoms with Gasteiger partial charge in [-0.1, -0.05) is 36.4 Å². The Kier molecular flexibility index (Phi) is 5.93. The molecule has 1 aliphatic rings. The summed E-state index contributed by atoms with van der Waals surface area (Å²) in [6.45, 7) is 1.50. The topological polar surface area (TPSA) is 93.9 Å². The van der Waals surface area contributed by atoms with E-state index in [0.717, 1.165) is 5.39 Å². The maximum absolute atomic E-state index is 13.0. The highest BCUT2D eigenvalue weighted by Crippen LogP contribution is 2.27. The number of furan rings is 1. The van der Waals surface area contributed by atoms with Crippen molar-refractivity contribution in [3.8, 4) is 0 Å². The number of esters is 1. The Labute approximate surface area is 180 Å². The normalized spacial score (nSPS) is 17.5. The number of fused-ring (bicyclic) bond motifs is 1. The van der Waals surface area contributed by atoms with Crippen LogP contribution in [0.5, 0.6) is 0 Å². The zero-order chi connectivity index (χ0) is 22.0. The van der Waals surface area contributed by atoms with Gasteiger partial charge in [0.2, 0.25) is 15.8 Å². The molecule has 1 saturated heterocycles. The molecule has 0 aliphatic carbocycles. The number of hydrogen-bond acceptors (Lipinski definition) is 6. The predicted octanol–water partition coefficient (Wildman–Crippen LogP) is 3.71. The highest BCUT2D eigenvalue weighted by molar-refractivity contribution is 7.89. The lowest BCUT2D eigenvalue weighted by atomic mass is 10.1. The number of sulfonamides is 1. The first kappa shape index (κ1) is 21.3. The summed E-state index contributed by atoms with van der Waals surface area (Å²) in [5, 5.41) is 0.824. The molecule has 1 atom stereocenters. The van der Waals surface area contributed by atoms with Gasteiger partial charge in [0.1, 0.15) is 11.6 Å². The third kappa shape index (κ3) is 4.13. The molecular weight excluding hydrogens is 418 g/mol. The molecule has 3 aromatic rings. The third-order valence-electron chi connectivity index (χ3n) is 5.52. The van der Waals surface area contributed by atoms with Gasteiger partial charge in [0.05, 0.1) is 4.90 Å². The second-order valence-corrected chi connectivity index (χ2v) is 9.41. The molecular formula is C23H23NO6S. The fourth-order valence-corrected chi connectivity index (χ4v) is 5.56. The second kappa shape index (κ2) is 8.64. The zero-order valence-electron chi connectivity index (χ0n) is 17.1. The van der Waals surface area contributed by atoms with E-state index in [4.69, 9.17) is 9.15 Å². The molecule has 0 saturated carbocycles. The number of piperidine rings is 1. The molecule has 0 amide bonds. The Morgan fingerprint density at radius 3 is 2.52 bits per heavy atom. The van der Waals surface area contributed by atoms with E-state index in [1.54, 1.807) is 31.2 Å². The minimum absolute atomic E-state index is 0.128. The van der Waals surface area contributed by atoms with E-state index in [2.05, 4.69) is 0 Å². The van der Waals surface area contributed by atoms with Crippen LogP contribution in [-0.2, 0) is 19.6 Å². The molecule has 0 N–H and O–H groups in total. The minimum Gasteiger partial charge on any atom is -0.456 e. The Bertz CT molecular complexity index is 1220. The second-order valence-electron chi connectivity index (χ2n) is 7.52. The van der Waals surface area contributed by atoms with Gasteiger partial charge in [0, 0.05) is 17.5 Å². The van der Waals surface area contributed by atoms with Gasteiger partial charge in [0.25, 0.3) is 0 Å². The van der Waals surface area contributed by atoms with Gasteiger partial charge in [-0.05, 0) is 44.4 Å². The van der Waals surface area contributed by atoms with Crippen molar-refractivity contribution in [3.05, 3.63) is 65.9 Å². The van der Waals surface area contributed by atoms with Crippen LogP contribution in [0.25, 0.3) is 11.0 Å². The lowest BCUT2D eigenvalue weighted by Crippen LogP contribution is -2.48. The van der Waals surface area contributed by atoms with Gasteiger partial charge < -0.3 is 9.15 Å². The van der Waals surface area contributed by atoms with Gasteiger partial charge in [-0.2, -0.15) is 4.31 Å². The number of nitrogens with zero attached hydrogens (tertiary/aromatic N) is 1. The molecule has 8 heteroatoms. The summed E-state index contributed by atoms with van der Waals surface area (Å²) in [6.07, 6.45) is 1.72. The first-order valence-corrected chi connectivity index (χ1v) is 11.6. The summed E-state index contributed by atoms with van der Waals surface area (Å²) in [6, 6.07) is 14.3. The maximum Gasteiger partial charge on any atom is 0.324 e. The molecule has 1 aromatic heterocycles. The van der Waals surface area contributed by atoms with E-state index >= 15 is 0 Å². The van der Waals surface area contributed by atoms with Crippen molar-refractivity contribution in [1.29, 1.82) is 0 Å². The van der Waals surface area contributed by atoms with E-state index < -0.39 is 34.4 Å². The van der Waals surface area contributed by atoms with Crippen LogP contribution in [0.4, 0.5) is 0 Å². The molecule has 0 bridgehead atoms. The van der Waals surface area contributed by atoms with Crippen molar-refractivity contribution in [2.45, 2.75) is 37.1 Å². The van der Waals surface area contributed by atoms with Crippen LogP contribution < -0.4 is 0 Å². The number of benzene rings is 2. The number of aryl methyl sites for hydroxylation is 1. The van der Waals surface area contributed by atoms with Crippen molar-refractivity contribution in [2.24, 2.45) is 0 Å². The van der Waals surface area contributed by atoms with E-state index in [1.165, 1.54) is 16.4 Å². The van der Waals surface area contributed by atoms with Crippen LogP contribution in [0.2, 0.25) is 0 Å². The average Bonchev–Trinajstić information content (AvgIpc) is 3.14. The summed E-state index contributed by atoms with van der Waals surface area (Å²) in [4.78, 5) is 25.5. The molecule has 2 aromatic carbocycles. The molecule has 0 radical (unpaired) electrons. The number of hydrogen-bond donors (Lipinski definition) is 0. The number of carbonyl (C=O) groups is 2. The lowest BCUT2D eigenvalue weighted by Gasteiger charge is -2.32. The Balaban J connectivity index is 1.49. The van der Waals surface area contributed by atoms with E-state index in [1.807, 2.05) is 18.2 Å². The Morgan fingerprint density at radius 1 is 1.06 bits per heavy atom. The molecule has 4 rings (SSSR count). The quantitative estimate of drug-likeness (QED) is 0.428. The largest absolute Gasteiger partial charge is 0.456 e. The summed E-state index contributed by atoms with van der Waals surface area (Å²) >= 11 is 0. The first-order valence-electron chi connectivity index (χ1n) is 10.1. The predicted molar refractivity (Wildman–Crippen MR) is 114 cm³/mol. The molecule has 1 fully saturated rings. The smallest absolute Gasteiger partial charge is 0.324 e. The summed E-state index contributed by atoms with van der Waals surface area (Å²) in [5.41, 5.74) is 1.27. The Morgan fingerprint density at radius 2 is 1.77 bits per heavy atom. The van der Waals surface area contributed by atoms with Crippen molar-refractivity contribution < 1.29 is 27.2 Å². The SMILES string of the molecule is Cc1c(C(=O)COC(=O)C2CCCCN2S(=O)(=O)c2ccccc2)oc2ccccc12. The molecule has 31 heavy (non-hydrogen) atoms. The van der Waals surface area contributed by atoms with Crippen LogP contribution >= 0.6 is 0 Å². The number of ether oxygens (including phenoxy) is 1. The summed E-state index contributed by atoms with van der Waals surface area (Å²) < 4.78 is 38.1. The lowest BCUT2D eigenvalue weighted by molar-refractivity contribution is -0.148. The van der Waals surface area contributed by atoms with Gasteiger partial charge in [-0.25, -0.2) is 8.42 Å². The average molecular weight is 442 g/mol. The summed E-state index contributed by atoms with van der Waals surface area (Å²) in [5.74, 6) is -1.04. The Hall–Kier alpha value is -2.97. The fourth-order valence-electron chi connectivity index (χ4n) is 3.89. The van der Waals surface area contributed by atoms with E-state index in [9.17, 15) is 18.0 Å². The summed E-state index contributed by atoms with van der Waals surface area (Å²) in [7, 11) is -3.84. The molecule has 7 nitrogen and oxygen atoms in total.